The second kappa shape index (κ2) is 8.16. The van der Waals surface area contributed by atoms with Crippen molar-refractivity contribution >= 4 is 17.7 Å². The van der Waals surface area contributed by atoms with Crippen LogP contribution in [0.4, 0.5) is 0 Å². The molecule has 1 amide bonds. The Kier molecular flexibility index (Phi) is 6.83. The number of hydrogen-bond acceptors (Lipinski definition) is 3. The van der Waals surface area contributed by atoms with Crippen molar-refractivity contribution in [2.75, 3.05) is 12.3 Å². The monoisotopic (exact) mass is 266 g/mol. The van der Waals surface area contributed by atoms with E-state index in [0.717, 1.165) is 18.0 Å². The molecular formula is C14H22N2OS. The summed E-state index contributed by atoms with van der Waals surface area (Å²) in [6, 6.07) is 8.55. The first-order chi connectivity index (χ1) is 8.61. The Balaban J connectivity index is 2.37. The number of hydrogen-bond donors (Lipinski definition) is 2. The number of thioether (sulfide) groups is 1. The van der Waals surface area contributed by atoms with E-state index in [0.29, 0.717) is 5.75 Å². The first-order valence-electron chi connectivity index (χ1n) is 6.33. The molecule has 0 radical (unpaired) electrons. The Hall–Kier alpha value is -1.00. The average molecular weight is 266 g/mol. The van der Waals surface area contributed by atoms with Gasteiger partial charge in [-0.1, -0.05) is 19.1 Å². The van der Waals surface area contributed by atoms with E-state index in [1.54, 1.807) is 11.8 Å². The molecule has 0 aromatic heterocycles. The Morgan fingerprint density at radius 1 is 1.28 bits per heavy atom. The Bertz CT molecular complexity index is 363. The van der Waals surface area contributed by atoms with Gasteiger partial charge < -0.3 is 10.6 Å². The fourth-order valence-electron chi connectivity index (χ4n) is 1.49. The SMILES string of the molecule is CCNCc1ccc(SCC(=O)NC(C)C)cc1. The van der Waals surface area contributed by atoms with Gasteiger partial charge in [0.1, 0.15) is 0 Å². The molecule has 18 heavy (non-hydrogen) atoms. The molecule has 100 valence electrons. The van der Waals surface area contributed by atoms with Gasteiger partial charge in [-0.25, -0.2) is 0 Å². The van der Waals surface area contributed by atoms with Crippen molar-refractivity contribution < 1.29 is 4.79 Å². The molecule has 0 saturated heterocycles. The maximum atomic E-state index is 11.5. The van der Waals surface area contributed by atoms with E-state index in [1.165, 1.54) is 5.56 Å². The maximum absolute atomic E-state index is 11.5. The molecule has 2 N–H and O–H groups in total. The summed E-state index contributed by atoms with van der Waals surface area (Å²) in [6.45, 7) is 7.91. The van der Waals surface area contributed by atoms with Crippen LogP contribution in [0.2, 0.25) is 0 Å². The smallest absolute Gasteiger partial charge is 0.230 e. The van der Waals surface area contributed by atoms with Crippen LogP contribution in [-0.2, 0) is 11.3 Å². The summed E-state index contributed by atoms with van der Waals surface area (Å²) >= 11 is 1.57. The molecule has 0 heterocycles. The number of nitrogens with one attached hydrogen (secondary N) is 2. The minimum absolute atomic E-state index is 0.0896. The summed E-state index contributed by atoms with van der Waals surface area (Å²) in [5.74, 6) is 0.566. The van der Waals surface area contributed by atoms with Crippen LogP contribution in [0.5, 0.6) is 0 Å². The molecule has 1 aromatic rings. The molecular weight excluding hydrogens is 244 g/mol. The van der Waals surface area contributed by atoms with E-state index in [2.05, 4.69) is 41.8 Å². The Morgan fingerprint density at radius 2 is 1.94 bits per heavy atom. The first kappa shape index (κ1) is 15.1. The molecule has 0 saturated carbocycles. The summed E-state index contributed by atoms with van der Waals surface area (Å²) in [6.07, 6.45) is 0. The third-order valence-electron chi connectivity index (χ3n) is 2.32. The van der Waals surface area contributed by atoms with Gasteiger partial charge >= 0.3 is 0 Å². The number of rotatable bonds is 7. The molecule has 0 aliphatic carbocycles. The van der Waals surface area contributed by atoms with Crippen molar-refractivity contribution in [2.24, 2.45) is 0 Å². The zero-order valence-corrected chi connectivity index (χ0v) is 12.1. The van der Waals surface area contributed by atoms with Crippen LogP contribution >= 0.6 is 11.8 Å². The summed E-state index contributed by atoms with van der Waals surface area (Å²) in [5, 5.41) is 6.17. The molecule has 0 atom stereocenters. The van der Waals surface area contributed by atoms with Crippen LogP contribution in [0.15, 0.2) is 29.2 Å². The van der Waals surface area contributed by atoms with E-state index >= 15 is 0 Å². The predicted octanol–water partition coefficient (Wildman–Crippen LogP) is 2.41. The molecule has 0 unspecified atom stereocenters. The van der Waals surface area contributed by atoms with Gasteiger partial charge in [-0.05, 0) is 38.1 Å². The topological polar surface area (TPSA) is 41.1 Å². The molecule has 3 nitrogen and oxygen atoms in total. The highest BCUT2D eigenvalue weighted by Crippen LogP contribution is 2.18. The molecule has 1 rings (SSSR count). The van der Waals surface area contributed by atoms with Gasteiger partial charge in [0.05, 0.1) is 5.75 Å². The second-order valence-corrected chi connectivity index (χ2v) is 5.48. The Labute approximate surface area is 114 Å². The number of benzene rings is 1. The lowest BCUT2D eigenvalue weighted by molar-refractivity contribution is -0.119. The van der Waals surface area contributed by atoms with Crippen LogP contribution in [0.1, 0.15) is 26.3 Å². The Morgan fingerprint density at radius 3 is 2.50 bits per heavy atom. The highest BCUT2D eigenvalue weighted by molar-refractivity contribution is 8.00. The van der Waals surface area contributed by atoms with Crippen LogP contribution in [-0.4, -0.2) is 24.2 Å². The minimum atomic E-state index is 0.0896. The quantitative estimate of drug-likeness (QED) is 0.745. The van der Waals surface area contributed by atoms with Crippen molar-refractivity contribution in [1.29, 1.82) is 0 Å². The van der Waals surface area contributed by atoms with E-state index in [-0.39, 0.29) is 11.9 Å². The molecule has 0 aliphatic rings. The number of carbonyl (C=O) groups excluding carboxylic acids is 1. The molecule has 4 heteroatoms. The van der Waals surface area contributed by atoms with Gasteiger partial charge in [-0.2, -0.15) is 0 Å². The largest absolute Gasteiger partial charge is 0.353 e. The van der Waals surface area contributed by atoms with Gasteiger partial charge in [-0.15, -0.1) is 11.8 Å². The van der Waals surface area contributed by atoms with E-state index in [4.69, 9.17) is 0 Å². The van der Waals surface area contributed by atoms with Crippen molar-refractivity contribution in [1.82, 2.24) is 10.6 Å². The van der Waals surface area contributed by atoms with Gasteiger partial charge in [0.2, 0.25) is 5.91 Å². The standard InChI is InChI=1S/C14H22N2OS/c1-4-15-9-12-5-7-13(8-6-12)18-10-14(17)16-11(2)3/h5-8,11,15H,4,9-10H2,1-3H3,(H,16,17). The molecule has 0 fully saturated rings. The molecule has 0 spiro atoms. The fraction of sp³-hybridized carbons (Fsp3) is 0.500. The zero-order valence-electron chi connectivity index (χ0n) is 11.3. The van der Waals surface area contributed by atoms with Gasteiger partial charge in [0, 0.05) is 17.5 Å². The van der Waals surface area contributed by atoms with E-state index in [1.807, 2.05) is 13.8 Å². The van der Waals surface area contributed by atoms with Crippen LogP contribution in [0.3, 0.4) is 0 Å². The van der Waals surface area contributed by atoms with Crippen molar-refractivity contribution in [2.45, 2.75) is 38.3 Å². The summed E-state index contributed by atoms with van der Waals surface area (Å²) in [5.41, 5.74) is 1.27. The lowest BCUT2D eigenvalue weighted by Crippen LogP contribution is -2.31. The van der Waals surface area contributed by atoms with Crippen LogP contribution in [0, 0.1) is 0 Å². The minimum Gasteiger partial charge on any atom is -0.353 e. The van der Waals surface area contributed by atoms with Crippen molar-refractivity contribution in [3.63, 3.8) is 0 Å². The highest BCUT2D eigenvalue weighted by Gasteiger charge is 2.04. The molecule has 0 bridgehead atoms. The second-order valence-electron chi connectivity index (χ2n) is 4.44. The number of carbonyl (C=O) groups is 1. The summed E-state index contributed by atoms with van der Waals surface area (Å²) in [7, 11) is 0. The molecule has 0 aliphatic heterocycles. The van der Waals surface area contributed by atoms with Gasteiger partial charge in [0.25, 0.3) is 0 Å². The van der Waals surface area contributed by atoms with Crippen molar-refractivity contribution in [3.05, 3.63) is 29.8 Å². The average Bonchev–Trinajstić information content (AvgIpc) is 2.34. The van der Waals surface area contributed by atoms with Crippen LogP contribution in [0.25, 0.3) is 0 Å². The van der Waals surface area contributed by atoms with Crippen LogP contribution < -0.4 is 10.6 Å². The van der Waals surface area contributed by atoms with E-state index in [9.17, 15) is 4.79 Å². The normalized spacial score (nSPS) is 10.7. The van der Waals surface area contributed by atoms with Gasteiger partial charge in [0.15, 0.2) is 0 Å². The summed E-state index contributed by atoms with van der Waals surface area (Å²) < 4.78 is 0. The lowest BCUT2D eigenvalue weighted by atomic mass is 10.2. The van der Waals surface area contributed by atoms with Gasteiger partial charge in [-0.3, -0.25) is 4.79 Å². The number of amides is 1. The zero-order chi connectivity index (χ0) is 13.4. The highest BCUT2D eigenvalue weighted by atomic mass is 32.2. The van der Waals surface area contributed by atoms with E-state index < -0.39 is 0 Å². The maximum Gasteiger partial charge on any atom is 0.230 e. The van der Waals surface area contributed by atoms with Crippen molar-refractivity contribution in [3.8, 4) is 0 Å². The predicted molar refractivity (Wildman–Crippen MR) is 77.8 cm³/mol. The third kappa shape index (κ3) is 6.07. The fourth-order valence-corrected chi connectivity index (χ4v) is 2.20. The molecule has 1 aromatic carbocycles. The first-order valence-corrected chi connectivity index (χ1v) is 7.32. The lowest BCUT2D eigenvalue weighted by Gasteiger charge is -2.08. The third-order valence-corrected chi connectivity index (χ3v) is 3.33. The summed E-state index contributed by atoms with van der Waals surface area (Å²) in [4.78, 5) is 12.6.